The van der Waals surface area contributed by atoms with Gasteiger partial charge in [0, 0.05) is 13.2 Å². The fourth-order valence-electron chi connectivity index (χ4n) is 7.09. The highest BCUT2D eigenvalue weighted by molar-refractivity contribution is 5.69. The van der Waals surface area contributed by atoms with Gasteiger partial charge in [-0.15, -0.1) is 0 Å². The fraction of sp³-hybridized carbons (Fsp3) is 0.958. The SMILES string of the molecule is CCCCCCCCCCCCCCCCCCOCCC(=O)OCC[N+](C)(C)CCOC(=O)CCOCCCCCCCCCCCCCCCCCC.[Cl-]. The first-order chi connectivity index (χ1) is 26.9. The first kappa shape index (κ1) is 57.2. The molecule has 0 radical (unpaired) electrons. The molecule has 0 spiro atoms. The van der Waals surface area contributed by atoms with E-state index < -0.39 is 0 Å². The zero-order chi connectivity index (χ0) is 40.2. The van der Waals surface area contributed by atoms with Crippen molar-refractivity contribution in [3.63, 3.8) is 0 Å². The second kappa shape index (κ2) is 46.8. The van der Waals surface area contributed by atoms with Crippen LogP contribution in [0.15, 0.2) is 0 Å². The molecule has 0 saturated carbocycles. The highest BCUT2D eigenvalue weighted by Crippen LogP contribution is 2.15. The number of nitrogens with zero attached hydrogens (tertiary/aromatic N) is 1. The molecule has 0 aliphatic rings. The van der Waals surface area contributed by atoms with Gasteiger partial charge in [0.05, 0.1) is 40.2 Å². The predicted molar refractivity (Wildman–Crippen MR) is 234 cm³/mol. The molecule has 0 amide bonds. The van der Waals surface area contributed by atoms with Crippen LogP contribution in [-0.2, 0) is 28.5 Å². The standard InChI is InChI=1S/C48H96NO6.ClH/c1-5-7-9-11-13-15-17-19-21-23-25-27-29-31-33-35-41-52-43-37-47(50)54-45-39-49(3,4)40-46-55-48(51)38-44-53-42-36-34-32-30-28-26-24-22-20-18-16-14-12-10-8-6-2;/h5-46H2,1-4H3;1H/q+1;/p-1. The topological polar surface area (TPSA) is 71.1 Å². The lowest BCUT2D eigenvalue weighted by Crippen LogP contribution is -3.00. The van der Waals surface area contributed by atoms with Crippen molar-refractivity contribution in [1.29, 1.82) is 0 Å². The molecular formula is C48H96ClNO6. The van der Waals surface area contributed by atoms with Crippen molar-refractivity contribution < 1.29 is 45.4 Å². The normalized spacial score (nSPS) is 11.5. The van der Waals surface area contributed by atoms with Crippen LogP contribution < -0.4 is 12.4 Å². The lowest BCUT2D eigenvalue weighted by molar-refractivity contribution is -0.890. The molecule has 56 heavy (non-hydrogen) atoms. The molecule has 336 valence electrons. The minimum atomic E-state index is -0.210. The van der Waals surface area contributed by atoms with E-state index in [4.69, 9.17) is 18.9 Å². The number of carbonyl (C=O) groups excluding carboxylic acids is 2. The quantitative estimate of drug-likeness (QED) is 0.0346. The third-order valence-corrected chi connectivity index (χ3v) is 11.1. The Morgan fingerprint density at radius 1 is 0.339 bits per heavy atom. The first-order valence-electron chi connectivity index (χ1n) is 24.2. The molecule has 0 aliphatic heterocycles. The Morgan fingerprint density at radius 3 is 0.821 bits per heavy atom. The molecule has 0 N–H and O–H groups in total. The van der Waals surface area contributed by atoms with Crippen LogP contribution in [0.3, 0.4) is 0 Å². The molecule has 0 saturated heterocycles. The van der Waals surface area contributed by atoms with Gasteiger partial charge < -0.3 is 35.8 Å². The Hall–Kier alpha value is -0.890. The summed E-state index contributed by atoms with van der Waals surface area (Å²) in [5.41, 5.74) is 0. The van der Waals surface area contributed by atoms with Gasteiger partial charge in [-0.05, 0) is 12.8 Å². The Kier molecular flexibility index (Phi) is 47.8. The number of esters is 2. The predicted octanol–water partition coefficient (Wildman–Crippen LogP) is 10.5. The Bertz CT molecular complexity index is 736. The van der Waals surface area contributed by atoms with Crippen LogP contribution in [-0.4, -0.2) is 83.2 Å². The number of quaternary nitrogens is 1. The van der Waals surface area contributed by atoms with Crippen LogP contribution in [0.2, 0.25) is 0 Å². The van der Waals surface area contributed by atoms with Gasteiger partial charge in [0.25, 0.3) is 0 Å². The van der Waals surface area contributed by atoms with Crippen LogP contribution in [0.4, 0.5) is 0 Å². The van der Waals surface area contributed by atoms with Gasteiger partial charge in [-0.3, -0.25) is 9.59 Å². The van der Waals surface area contributed by atoms with Crippen molar-refractivity contribution in [2.24, 2.45) is 0 Å². The maximum Gasteiger partial charge on any atom is 0.308 e. The molecule has 0 bridgehead atoms. The van der Waals surface area contributed by atoms with Gasteiger partial charge in [0.2, 0.25) is 0 Å². The molecule has 0 aromatic carbocycles. The van der Waals surface area contributed by atoms with E-state index in [-0.39, 0.29) is 24.3 Å². The van der Waals surface area contributed by atoms with Crippen molar-refractivity contribution in [2.75, 3.05) is 66.8 Å². The summed E-state index contributed by atoms with van der Waals surface area (Å²) in [6, 6.07) is 0. The third-order valence-electron chi connectivity index (χ3n) is 11.1. The Balaban J connectivity index is 0. The smallest absolute Gasteiger partial charge is 0.308 e. The highest BCUT2D eigenvalue weighted by atomic mass is 35.5. The molecule has 0 aromatic heterocycles. The monoisotopic (exact) mass is 818 g/mol. The minimum absolute atomic E-state index is 0. The van der Waals surface area contributed by atoms with Crippen molar-refractivity contribution >= 4 is 11.9 Å². The zero-order valence-electron chi connectivity index (χ0n) is 38.0. The van der Waals surface area contributed by atoms with E-state index in [9.17, 15) is 9.59 Å². The van der Waals surface area contributed by atoms with Crippen molar-refractivity contribution in [3.05, 3.63) is 0 Å². The zero-order valence-corrected chi connectivity index (χ0v) is 38.7. The second-order valence-corrected chi connectivity index (χ2v) is 17.2. The highest BCUT2D eigenvalue weighted by Gasteiger charge is 2.17. The summed E-state index contributed by atoms with van der Waals surface area (Å²) in [7, 11) is 4.12. The summed E-state index contributed by atoms with van der Waals surface area (Å²) in [5, 5.41) is 0. The summed E-state index contributed by atoms with van der Waals surface area (Å²) in [5.74, 6) is -0.420. The number of halogens is 1. The van der Waals surface area contributed by atoms with E-state index in [1.54, 1.807) is 0 Å². The molecule has 0 rings (SSSR count). The molecule has 0 fully saturated rings. The summed E-state index contributed by atoms with van der Waals surface area (Å²) < 4.78 is 22.8. The molecule has 8 heteroatoms. The van der Waals surface area contributed by atoms with Gasteiger partial charge in [0.15, 0.2) is 0 Å². The first-order valence-corrected chi connectivity index (χ1v) is 24.2. The number of likely N-dealkylation sites (N-methyl/N-ethyl adjacent to an activating group) is 1. The Morgan fingerprint density at radius 2 is 0.571 bits per heavy atom. The van der Waals surface area contributed by atoms with E-state index in [1.165, 1.54) is 193 Å². The molecule has 0 atom stereocenters. The summed E-state index contributed by atoms with van der Waals surface area (Å²) in [6.07, 6.45) is 44.1. The molecule has 7 nitrogen and oxygen atoms in total. The van der Waals surface area contributed by atoms with E-state index in [0.717, 1.165) is 26.1 Å². The van der Waals surface area contributed by atoms with Gasteiger partial charge in [-0.2, -0.15) is 0 Å². The average Bonchev–Trinajstić information content (AvgIpc) is 3.16. The van der Waals surface area contributed by atoms with Crippen molar-refractivity contribution in [1.82, 2.24) is 0 Å². The minimum Gasteiger partial charge on any atom is -1.00 e. The largest absolute Gasteiger partial charge is 1.00 e. The number of carbonyl (C=O) groups is 2. The van der Waals surface area contributed by atoms with E-state index in [0.29, 0.717) is 56.8 Å². The van der Waals surface area contributed by atoms with Crippen molar-refractivity contribution in [2.45, 2.75) is 232 Å². The molecule has 0 unspecified atom stereocenters. The van der Waals surface area contributed by atoms with E-state index >= 15 is 0 Å². The fourth-order valence-corrected chi connectivity index (χ4v) is 7.09. The summed E-state index contributed by atoms with van der Waals surface area (Å²) >= 11 is 0. The lowest BCUT2D eigenvalue weighted by Gasteiger charge is -2.29. The molecular weight excluding hydrogens is 722 g/mol. The van der Waals surface area contributed by atoms with Crippen LogP contribution in [0.1, 0.15) is 232 Å². The average molecular weight is 819 g/mol. The van der Waals surface area contributed by atoms with Gasteiger partial charge in [-0.25, -0.2) is 0 Å². The number of hydrogen-bond donors (Lipinski definition) is 0. The van der Waals surface area contributed by atoms with Crippen LogP contribution in [0.25, 0.3) is 0 Å². The summed E-state index contributed by atoms with van der Waals surface area (Å²) in [6.45, 7) is 8.91. The van der Waals surface area contributed by atoms with Crippen LogP contribution in [0, 0.1) is 0 Å². The maximum atomic E-state index is 12.1. The van der Waals surface area contributed by atoms with E-state index in [1.807, 2.05) is 0 Å². The molecule has 0 heterocycles. The van der Waals surface area contributed by atoms with Crippen LogP contribution >= 0.6 is 0 Å². The van der Waals surface area contributed by atoms with Gasteiger partial charge >= 0.3 is 11.9 Å². The number of rotatable bonds is 46. The molecule has 0 aromatic rings. The number of hydrogen-bond acceptors (Lipinski definition) is 6. The molecule has 0 aliphatic carbocycles. The van der Waals surface area contributed by atoms with Crippen LogP contribution in [0.5, 0.6) is 0 Å². The summed E-state index contributed by atoms with van der Waals surface area (Å²) in [4.78, 5) is 24.3. The second-order valence-electron chi connectivity index (χ2n) is 17.2. The van der Waals surface area contributed by atoms with Gasteiger partial charge in [0.1, 0.15) is 26.3 Å². The number of unbranched alkanes of at least 4 members (excludes halogenated alkanes) is 30. The number of ether oxygens (including phenoxy) is 4. The third kappa shape index (κ3) is 47.5. The maximum absolute atomic E-state index is 12.1. The van der Waals surface area contributed by atoms with Crippen molar-refractivity contribution in [3.8, 4) is 0 Å². The lowest BCUT2D eigenvalue weighted by atomic mass is 10.0. The van der Waals surface area contributed by atoms with E-state index in [2.05, 4.69) is 27.9 Å². The van der Waals surface area contributed by atoms with Gasteiger partial charge in [-0.1, -0.05) is 206 Å². The Labute approximate surface area is 355 Å².